The molecule has 0 aromatic rings. The van der Waals surface area contributed by atoms with Gasteiger partial charge in [-0.15, -0.1) is 0 Å². The molecule has 1 rings (SSSR count). The van der Waals surface area contributed by atoms with Crippen LogP contribution < -0.4 is 0 Å². The minimum Gasteiger partial charge on any atom is -0.342 e. The summed E-state index contributed by atoms with van der Waals surface area (Å²) < 4.78 is 0. The molecule has 1 aliphatic rings. The molecule has 0 radical (unpaired) electrons. The van der Waals surface area contributed by atoms with E-state index in [1.807, 2.05) is 0 Å². The van der Waals surface area contributed by atoms with Crippen LogP contribution in [0.25, 0.3) is 0 Å². The molecule has 0 N–H and O–H groups in total. The molecule has 88 valence electrons. The van der Waals surface area contributed by atoms with Gasteiger partial charge in [0.25, 0.3) is 0 Å². The maximum atomic E-state index is 11.9. The van der Waals surface area contributed by atoms with E-state index in [4.69, 9.17) is 0 Å². The second-order valence-corrected chi connectivity index (χ2v) is 5.54. The van der Waals surface area contributed by atoms with Gasteiger partial charge in [-0.05, 0) is 24.7 Å². The molecule has 0 atom stereocenters. The van der Waals surface area contributed by atoms with Crippen LogP contribution in [-0.2, 0) is 4.79 Å². The van der Waals surface area contributed by atoms with Crippen LogP contribution in [0.4, 0.5) is 0 Å². The van der Waals surface area contributed by atoms with Crippen molar-refractivity contribution < 1.29 is 4.79 Å². The number of carbonyl (C=O) groups is 1. The molecule has 0 aliphatic carbocycles. The van der Waals surface area contributed by atoms with Crippen molar-refractivity contribution >= 4 is 5.91 Å². The highest BCUT2D eigenvalue weighted by Gasteiger charge is 2.26. The molecular weight excluding hydrogens is 186 g/mol. The first-order valence-corrected chi connectivity index (χ1v) is 6.33. The third kappa shape index (κ3) is 4.23. The summed E-state index contributed by atoms with van der Waals surface area (Å²) in [6, 6.07) is 0. The monoisotopic (exact) mass is 211 g/mol. The Labute approximate surface area is 94.0 Å². The smallest absolute Gasteiger partial charge is 0.222 e. The fourth-order valence-electron chi connectivity index (χ4n) is 2.28. The number of hydrogen-bond donors (Lipinski definition) is 0. The average molecular weight is 211 g/mol. The summed E-state index contributed by atoms with van der Waals surface area (Å²) >= 11 is 0. The van der Waals surface area contributed by atoms with Gasteiger partial charge in [0.05, 0.1) is 0 Å². The SMILES string of the molecule is CCCCC(=O)N1CCCCC(C)(C)C1. The van der Waals surface area contributed by atoms with Crippen molar-refractivity contribution in [1.29, 1.82) is 0 Å². The first-order valence-electron chi connectivity index (χ1n) is 6.33. The zero-order valence-electron chi connectivity index (χ0n) is 10.5. The Kier molecular flexibility index (Phi) is 4.62. The van der Waals surface area contributed by atoms with Gasteiger partial charge in [-0.3, -0.25) is 4.79 Å². The molecule has 15 heavy (non-hydrogen) atoms. The van der Waals surface area contributed by atoms with E-state index in [1.165, 1.54) is 19.3 Å². The van der Waals surface area contributed by atoms with Gasteiger partial charge < -0.3 is 4.90 Å². The summed E-state index contributed by atoms with van der Waals surface area (Å²) in [5.41, 5.74) is 0.318. The van der Waals surface area contributed by atoms with E-state index in [-0.39, 0.29) is 0 Å². The van der Waals surface area contributed by atoms with Crippen molar-refractivity contribution in [2.24, 2.45) is 5.41 Å². The molecule has 0 aromatic carbocycles. The van der Waals surface area contributed by atoms with Gasteiger partial charge >= 0.3 is 0 Å². The Morgan fingerprint density at radius 2 is 2.07 bits per heavy atom. The van der Waals surface area contributed by atoms with E-state index >= 15 is 0 Å². The van der Waals surface area contributed by atoms with Crippen molar-refractivity contribution in [2.75, 3.05) is 13.1 Å². The van der Waals surface area contributed by atoms with E-state index in [9.17, 15) is 4.79 Å². The third-order valence-corrected chi connectivity index (χ3v) is 3.25. The summed E-state index contributed by atoms with van der Waals surface area (Å²) in [6.07, 6.45) is 6.60. The Morgan fingerprint density at radius 1 is 1.33 bits per heavy atom. The van der Waals surface area contributed by atoms with Crippen molar-refractivity contribution in [3.05, 3.63) is 0 Å². The van der Waals surface area contributed by atoms with Crippen molar-refractivity contribution in [1.82, 2.24) is 4.90 Å². The molecule has 2 nitrogen and oxygen atoms in total. The van der Waals surface area contributed by atoms with Gasteiger partial charge in [0, 0.05) is 19.5 Å². The fraction of sp³-hybridized carbons (Fsp3) is 0.923. The van der Waals surface area contributed by atoms with Crippen LogP contribution >= 0.6 is 0 Å². The topological polar surface area (TPSA) is 20.3 Å². The molecule has 0 spiro atoms. The predicted octanol–water partition coefficient (Wildman–Crippen LogP) is 3.22. The van der Waals surface area contributed by atoms with Crippen LogP contribution in [0.2, 0.25) is 0 Å². The molecule has 0 aromatic heterocycles. The molecule has 0 saturated carbocycles. The Morgan fingerprint density at radius 3 is 2.73 bits per heavy atom. The lowest BCUT2D eigenvalue weighted by atomic mass is 9.88. The second-order valence-electron chi connectivity index (χ2n) is 5.54. The lowest BCUT2D eigenvalue weighted by Gasteiger charge is -2.29. The lowest BCUT2D eigenvalue weighted by Crippen LogP contribution is -2.37. The summed E-state index contributed by atoms with van der Waals surface area (Å²) in [7, 11) is 0. The molecule has 1 fully saturated rings. The number of unbranched alkanes of at least 4 members (excludes halogenated alkanes) is 1. The number of carbonyl (C=O) groups excluding carboxylic acids is 1. The van der Waals surface area contributed by atoms with Crippen LogP contribution in [0.5, 0.6) is 0 Å². The first-order chi connectivity index (χ1) is 7.05. The summed E-state index contributed by atoms with van der Waals surface area (Å²) in [5.74, 6) is 0.367. The molecule has 1 amide bonds. The van der Waals surface area contributed by atoms with E-state index in [0.717, 1.165) is 32.4 Å². The number of rotatable bonds is 3. The number of amides is 1. The second kappa shape index (κ2) is 5.53. The highest BCUT2D eigenvalue weighted by Crippen LogP contribution is 2.28. The van der Waals surface area contributed by atoms with Gasteiger partial charge in [0.15, 0.2) is 0 Å². The summed E-state index contributed by atoms with van der Waals surface area (Å²) in [5, 5.41) is 0. The molecular formula is C13H25NO. The Hall–Kier alpha value is -0.530. The summed E-state index contributed by atoms with van der Waals surface area (Å²) in [6.45, 7) is 8.62. The number of nitrogens with zero attached hydrogens (tertiary/aromatic N) is 1. The van der Waals surface area contributed by atoms with Gasteiger partial charge in [0.2, 0.25) is 5.91 Å². The van der Waals surface area contributed by atoms with E-state index in [0.29, 0.717) is 11.3 Å². The summed E-state index contributed by atoms with van der Waals surface area (Å²) in [4.78, 5) is 14.0. The highest BCUT2D eigenvalue weighted by molar-refractivity contribution is 5.76. The first kappa shape index (κ1) is 12.5. The van der Waals surface area contributed by atoms with Crippen LogP contribution in [0, 0.1) is 5.41 Å². The predicted molar refractivity (Wildman–Crippen MR) is 63.7 cm³/mol. The van der Waals surface area contributed by atoms with Crippen LogP contribution in [0.3, 0.4) is 0 Å². The van der Waals surface area contributed by atoms with Crippen molar-refractivity contribution in [3.8, 4) is 0 Å². The Balaban J connectivity index is 2.48. The highest BCUT2D eigenvalue weighted by atomic mass is 16.2. The van der Waals surface area contributed by atoms with Crippen molar-refractivity contribution in [2.45, 2.75) is 59.3 Å². The molecule has 1 saturated heterocycles. The van der Waals surface area contributed by atoms with Crippen LogP contribution in [0.1, 0.15) is 59.3 Å². The van der Waals surface area contributed by atoms with E-state index in [2.05, 4.69) is 25.7 Å². The van der Waals surface area contributed by atoms with Crippen molar-refractivity contribution in [3.63, 3.8) is 0 Å². The quantitative estimate of drug-likeness (QED) is 0.702. The maximum absolute atomic E-state index is 11.9. The Bertz CT molecular complexity index is 211. The molecule has 0 unspecified atom stereocenters. The normalized spacial score (nSPS) is 21.1. The van der Waals surface area contributed by atoms with Crippen LogP contribution in [-0.4, -0.2) is 23.9 Å². The fourth-order valence-corrected chi connectivity index (χ4v) is 2.28. The molecule has 1 heterocycles. The molecule has 0 bridgehead atoms. The minimum absolute atomic E-state index is 0.318. The standard InChI is InChI=1S/C13H25NO/c1-4-5-8-12(15)14-10-7-6-9-13(2,3)11-14/h4-11H2,1-3H3. The van der Waals surface area contributed by atoms with Gasteiger partial charge in [-0.2, -0.15) is 0 Å². The largest absolute Gasteiger partial charge is 0.342 e. The molecule has 2 heteroatoms. The zero-order chi connectivity index (χ0) is 11.3. The van der Waals surface area contributed by atoms with Gasteiger partial charge in [-0.25, -0.2) is 0 Å². The lowest BCUT2D eigenvalue weighted by molar-refractivity contribution is -0.132. The van der Waals surface area contributed by atoms with Crippen LogP contribution in [0.15, 0.2) is 0 Å². The average Bonchev–Trinajstić information content (AvgIpc) is 2.35. The van der Waals surface area contributed by atoms with E-state index < -0.39 is 0 Å². The number of hydrogen-bond acceptors (Lipinski definition) is 1. The third-order valence-electron chi connectivity index (χ3n) is 3.25. The minimum atomic E-state index is 0.318. The molecule has 1 aliphatic heterocycles. The number of likely N-dealkylation sites (tertiary alicyclic amines) is 1. The van der Waals surface area contributed by atoms with Gasteiger partial charge in [-0.1, -0.05) is 33.6 Å². The van der Waals surface area contributed by atoms with Gasteiger partial charge in [0.1, 0.15) is 0 Å². The van der Waals surface area contributed by atoms with E-state index in [1.54, 1.807) is 0 Å². The maximum Gasteiger partial charge on any atom is 0.222 e. The zero-order valence-corrected chi connectivity index (χ0v) is 10.5.